The number of sulfone groups is 1. The molecule has 0 fully saturated rings. The second kappa shape index (κ2) is 7.50. The Morgan fingerprint density at radius 3 is 2.68 bits per heavy atom. The van der Waals surface area contributed by atoms with Gasteiger partial charge in [0.15, 0.2) is 14.9 Å². The van der Waals surface area contributed by atoms with Crippen molar-refractivity contribution in [1.82, 2.24) is 9.97 Å². The summed E-state index contributed by atoms with van der Waals surface area (Å²) in [6.07, 6.45) is 4.35. The highest BCUT2D eigenvalue weighted by molar-refractivity contribution is 7.90. The molecule has 0 aliphatic carbocycles. The van der Waals surface area contributed by atoms with E-state index >= 15 is 0 Å². The van der Waals surface area contributed by atoms with Gasteiger partial charge in [-0.15, -0.1) is 0 Å². The van der Waals surface area contributed by atoms with Crippen molar-refractivity contribution < 1.29 is 18.3 Å². The molecule has 0 radical (unpaired) electrons. The highest BCUT2D eigenvalue weighted by Gasteiger charge is 2.36. The third kappa shape index (κ3) is 4.59. The van der Waals surface area contributed by atoms with Crippen LogP contribution in [0.15, 0.2) is 35.5 Å². The van der Waals surface area contributed by atoms with Crippen LogP contribution in [0.4, 0.5) is 0 Å². The van der Waals surface area contributed by atoms with Gasteiger partial charge in [-0.05, 0) is 48.6 Å². The molecule has 6 nitrogen and oxygen atoms in total. The molecule has 3 heterocycles. The van der Waals surface area contributed by atoms with Crippen molar-refractivity contribution in [3.63, 3.8) is 0 Å². The molecule has 3 aromatic rings. The molecule has 0 amide bonds. The number of aromatic nitrogens is 2. The fourth-order valence-electron chi connectivity index (χ4n) is 4.66. The maximum absolute atomic E-state index is 11.8. The van der Waals surface area contributed by atoms with E-state index in [2.05, 4.69) is 23.8 Å². The van der Waals surface area contributed by atoms with Gasteiger partial charge in [0.25, 0.3) is 0 Å². The van der Waals surface area contributed by atoms with Gasteiger partial charge in [0, 0.05) is 40.8 Å². The molecular weight excluding hydrogens is 436 g/mol. The van der Waals surface area contributed by atoms with E-state index in [1.807, 2.05) is 25.1 Å². The van der Waals surface area contributed by atoms with Crippen LogP contribution in [-0.2, 0) is 28.1 Å². The zero-order valence-corrected chi connectivity index (χ0v) is 19.7. The number of nitrogens with zero attached hydrogens (tertiary/aromatic N) is 1. The molecule has 1 aliphatic rings. The fourth-order valence-corrected chi connectivity index (χ4v) is 5.49. The Hall–Kier alpha value is -2.09. The molecule has 1 aromatic carbocycles. The number of ether oxygens (including phenoxy) is 1. The van der Waals surface area contributed by atoms with Crippen LogP contribution in [-0.4, -0.2) is 42.0 Å². The molecule has 1 aliphatic heterocycles. The topological polar surface area (TPSA) is 92.3 Å². The van der Waals surface area contributed by atoms with E-state index in [1.165, 1.54) is 6.20 Å². The molecule has 166 valence electrons. The van der Waals surface area contributed by atoms with E-state index in [1.54, 1.807) is 6.07 Å². The minimum absolute atomic E-state index is 0.0354. The number of rotatable bonds is 6. The maximum Gasteiger partial charge on any atom is 0.192 e. The highest BCUT2D eigenvalue weighted by Crippen LogP contribution is 2.43. The van der Waals surface area contributed by atoms with E-state index in [9.17, 15) is 13.5 Å². The fraction of sp³-hybridized carbons (Fsp3) is 0.435. The van der Waals surface area contributed by atoms with Crippen molar-refractivity contribution in [3.8, 4) is 5.75 Å². The number of pyridine rings is 1. The number of hydrogen-bond donors (Lipinski definition) is 2. The van der Waals surface area contributed by atoms with Gasteiger partial charge in [0.1, 0.15) is 5.75 Å². The summed E-state index contributed by atoms with van der Waals surface area (Å²) < 4.78 is 29.4. The van der Waals surface area contributed by atoms with Crippen molar-refractivity contribution in [2.45, 2.75) is 56.1 Å². The van der Waals surface area contributed by atoms with Crippen LogP contribution in [0.25, 0.3) is 10.9 Å². The maximum atomic E-state index is 11.8. The SMILES string of the molecule is CC(C)(C[C@@](C)(O)Cc1cc2cc(S(C)(=O)=O)ncc2[nH]1)c1cc(Cl)cc2c1OCC2. The van der Waals surface area contributed by atoms with E-state index in [4.69, 9.17) is 16.3 Å². The summed E-state index contributed by atoms with van der Waals surface area (Å²) in [7, 11) is -3.38. The molecule has 0 bridgehead atoms. The van der Waals surface area contributed by atoms with Gasteiger partial charge in [0.2, 0.25) is 0 Å². The zero-order valence-electron chi connectivity index (χ0n) is 18.1. The first-order valence-electron chi connectivity index (χ1n) is 10.2. The predicted octanol–water partition coefficient (Wildman–Crippen LogP) is 4.22. The summed E-state index contributed by atoms with van der Waals surface area (Å²) in [6, 6.07) is 7.30. The Labute approximate surface area is 187 Å². The Morgan fingerprint density at radius 2 is 1.97 bits per heavy atom. The van der Waals surface area contributed by atoms with Crippen molar-refractivity contribution in [3.05, 3.63) is 52.3 Å². The molecule has 0 saturated heterocycles. The molecule has 4 rings (SSSR count). The Balaban J connectivity index is 1.59. The molecule has 8 heteroatoms. The molecule has 0 unspecified atom stereocenters. The second-order valence-electron chi connectivity index (χ2n) is 9.45. The molecule has 2 aromatic heterocycles. The van der Waals surface area contributed by atoms with E-state index in [0.717, 1.165) is 46.1 Å². The number of aliphatic hydroxyl groups is 1. The number of nitrogens with one attached hydrogen (secondary N) is 1. The van der Waals surface area contributed by atoms with Crippen LogP contribution in [0.2, 0.25) is 5.02 Å². The lowest BCUT2D eigenvalue weighted by molar-refractivity contribution is 0.0305. The first-order valence-corrected chi connectivity index (χ1v) is 12.5. The average molecular weight is 463 g/mol. The summed E-state index contributed by atoms with van der Waals surface area (Å²) in [6.45, 7) is 6.63. The standard InChI is InChI=1S/C23H27ClN2O4S/c1-22(2,18-10-16(24)7-14-5-6-30-21(14)18)13-23(3,27)11-17-8-15-9-20(31(4,28)29)25-12-19(15)26-17/h7-10,12,26-27H,5-6,11,13H2,1-4H3/t23-/m0/s1. The second-order valence-corrected chi connectivity index (χ2v) is 11.9. The van der Waals surface area contributed by atoms with Crippen LogP contribution in [0.3, 0.4) is 0 Å². The van der Waals surface area contributed by atoms with Gasteiger partial charge < -0.3 is 14.8 Å². The molecule has 1 atom stereocenters. The molecule has 0 saturated carbocycles. The van der Waals surface area contributed by atoms with Gasteiger partial charge in [-0.1, -0.05) is 25.4 Å². The predicted molar refractivity (Wildman–Crippen MR) is 122 cm³/mol. The lowest BCUT2D eigenvalue weighted by atomic mass is 9.74. The minimum Gasteiger partial charge on any atom is -0.493 e. The number of fused-ring (bicyclic) bond motifs is 2. The number of aromatic amines is 1. The lowest BCUT2D eigenvalue weighted by Gasteiger charge is -2.35. The monoisotopic (exact) mass is 462 g/mol. The first-order chi connectivity index (χ1) is 14.3. The number of H-pyrrole nitrogens is 1. The lowest BCUT2D eigenvalue weighted by Crippen LogP contribution is -2.36. The third-order valence-corrected chi connectivity index (χ3v) is 6.99. The van der Waals surface area contributed by atoms with Crippen LogP contribution in [0.1, 0.15) is 44.0 Å². The van der Waals surface area contributed by atoms with Gasteiger partial charge in [-0.25, -0.2) is 13.4 Å². The summed E-state index contributed by atoms with van der Waals surface area (Å²) in [5, 5.41) is 12.8. The minimum atomic E-state index is -3.38. The van der Waals surface area contributed by atoms with Gasteiger partial charge in [-0.3, -0.25) is 0 Å². The van der Waals surface area contributed by atoms with Gasteiger partial charge in [-0.2, -0.15) is 0 Å². The van der Waals surface area contributed by atoms with Crippen molar-refractivity contribution in [2.24, 2.45) is 0 Å². The highest BCUT2D eigenvalue weighted by atomic mass is 35.5. The van der Waals surface area contributed by atoms with E-state index < -0.39 is 15.4 Å². The smallest absolute Gasteiger partial charge is 0.192 e. The van der Waals surface area contributed by atoms with Crippen LogP contribution in [0, 0.1) is 0 Å². The number of halogens is 1. The van der Waals surface area contributed by atoms with Crippen molar-refractivity contribution in [1.29, 1.82) is 0 Å². The van der Waals surface area contributed by atoms with Crippen LogP contribution < -0.4 is 4.74 Å². The Morgan fingerprint density at radius 1 is 1.23 bits per heavy atom. The third-order valence-electron chi connectivity index (χ3n) is 5.79. The van der Waals surface area contributed by atoms with Gasteiger partial charge >= 0.3 is 0 Å². The van der Waals surface area contributed by atoms with Crippen molar-refractivity contribution in [2.75, 3.05) is 12.9 Å². The molecule has 0 spiro atoms. The number of hydrogen-bond acceptors (Lipinski definition) is 5. The van der Waals surface area contributed by atoms with Crippen LogP contribution in [0.5, 0.6) is 5.75 Å². The summed E-state index contributed by atoms with van der Waals surface area (Å²) in [5.41, 5.74) is 2.27. The Bertz CT molecular complexity index is 1260. The summed E-state index contributed by atoms with van der Waals surface area (Å²) >= 11 is 6.35. The van der Waals surface area contributed by atoms with E-state index in [-0.39, 0.29) is 10.4 Å². The van der Waals surface area contributed by atoms with Gasteiger partial charge in [0.05, 0.1) is 23.9 Å². The van der Waals surface area contributed by atoms with Crippen molar-refractivity contribution >= 4 is 32.3 Å². The zero-order chi connectivity index (χ0) is 22.6. The average Bonchev–Trinajstić information content (AvgIpc) is 3.23. The Kier molecular flexibility index (Phi) is 5.35. The van der Waals surface area contributed by atoms with Crippen LogP contribution >= 0.6 is 11.6 Å². The quantitative estimate of drug-likeness (QED) is 0.572. The largest absolute Gasteiger partial charge is 0.493 e. The summed E-state index contributed by atoms with van der Waals surface area (Å²) in [4.78, 5) is 7.26. The molecular formula is C23H27ClN2O4S. The normalized spacial score (nSPS) is 16.2. The summed E-state index contributed by atoms with van der Waals surface area (Å²) in [5.74, 6) is 0.884. The molecule has 31 heavy (non-hydrogen) atoms. The molecule has 2 N–H and O–H groups in total. The first kappa shape index (κ1) is 22.1. The van der Waals surface area contributed by atoms with E-state index in [0.29, 0.717) is 24.5 Å². The number of benzene rings is 1.